The van der Waals surface area contributed by atoms with Gasteiger partial charge in [0.2, 0.25) is 0 Å². The molecule has 33 nitrogen and oxygen atoms in total. The fourth-order valence-corrected chi connectivity index (χ4v) is 19.3. The summed E-state index contributed by atoms with van der Waals surface area (Å²) < 4.78 is 132. The van der Waals surface area contributed by atoms with Crippen LogP contribution in [0.4, 0.5) is 64.1 Å². The maximum Gasteiger partial charge on any atom is 0.177 e. The molecule has 0 aliphatic carbocycles. The van der Waals surface area contributed by atoms with Crippen molar-refractivity contribution in [3.8, 4) is 85.3 Å². The van der Waals surface area contributed by atoms with Crippen molar-refractivity contribution < 1.29 is 98.3 Å². The van der Waals surface area contributed by atoms with Gasteiger partial charge in [-0.3, -0.25) is 19.2 Å². The minimum absolute atomic E-state index is 0.000384. The molecule has 8 N–H and O–H groups in total. The SMILES string of the molecule is C=CC(=O)C[C@H]1COC[C@H]1Nc1cc2c(NC(C)C)nc(-c3c(Cl)c(OC)cc(OC)c3Cl)cc2cn1.C=CC(=O)C[C@H]1COC[C@H]1Nc1cc2c(NC(C)C)nc(-c3c(F)c(OC)cc(OC)c3F)cc2cn1.C=CC(=O)C[C@H]1COC[C@H]1Nc1cc2c(NCC3CCCO3)nc(-c3cc(OC)cc(OC)c3F)cc2cn1.C=CC(=O)C[C@H]1COC[C@H]1Nc1cc2c(NCC3CCCO3)nc(-c3cccc(OC)c3F)cc2cn1. The van der Waals surface area contributed by atoms with Crippen molar-refractivity contribution in [2.75, 3.05) is 171 Å². The summed E-state index contributed by atoms with van der Waals surface area (Å²) in [5.74, 6) is 3.37. The quantitative estimate of drug-likeness (QED) is 0.0130. The fourth-order valence-electron chi connectivity index (χ4n) is 18.6. The summed E-state index contributed by atoms with van der Waals surface area (Å²) in [6.07, 6.45) is 17.9. The Balaban J connectivity index is 0.000000149. The number of methoxy groups -OCH3 is 7. The van der Waals surface area contributed by atoms with Gasteiger partial charge in [-0.1, -0.05) is 55.6 Å². The first kappa shape index (κ1) is 110. The molecule has 4 aromatic carbocycles. The number of nitrogens with one attached hydrogen (secondary N) is 8. The Kier molecular flexibility index (Phi) is 37.7. The molecule has 0 saturated carbocycles. The zero-order chi connectivity index (χ0) is 107. The second-order valence-electron chi connectivity index (χ2n) is 37.5. The summed E-state index contributed by atoms with van der Waals surface area (Å²) in [6, 6.07) is 25.4. The van der Waals surface area contributed by atoms with Crippen LogP contribution < -0.4 is 75.7 Å². The summed E-state index contributed by atoms with van der Waals surface area (Å²) in [4.78, 5) is 85.1. The third kappa shape index (κ3) is 26.6. The number of carbonyl (C=O) groups excluding carboxylic acids is 4. The number of halogens is 6. The topological polar surface area (TPSA) is 388 Å². The molecular weight excluding hydrogens is 1980 g/mol. The van der Waals surface area contributed by atoms with E-state index in [4.69, 9.17) is 99.7 Å². The van der Waals surface area contributed by atoms with E-state index in [1.807, 2.05) is 64.1 Å². The summed E-state index contributed by atoms with van der Waals surface area (Å²) in [6.45, 7) is 28.8. The molecule has 0 radical (unpaired) electrons. The number of hydrogen-bond donors (Lipinski definition) is 8. The molecule has 792 valence electrons. The van der Waals surface area contributed by atoms with Crippen molar-refractivity contribution in [2.45, 2.75) is 128 Å². The number of ketones is 4. The third-order valence-corrected chi connectivity index (χ3v) is 27.3. The van der Waals surface area contributed by atoms with E-state index >= 15 is 17.6 Å². The van der Waals surface area contributed by atoms with E-state index in [-0.39, 0.29) is 135 Å². The minimum Gasteiger partial charge on any atom is -0.497 e. The van der Waals surface area contributed by atoms with Gasteiger partial charge in [-0.05, 0) is 144 Å². The number of carbonyl (C=O) groups is 4. The smallest absolute Gasteiger partial charge is 0.177 e. The van der Waals surface area contributed by atoms with E-state index in [9.17, 15) is 19.2 Å². The van der Waals surface area contributed by atoms with Crippen molar-refractivity contribution in [3.05, 3.63) is 200 Å². The number of aromatic nitrogens is 8. The summed E-state index contributed by atoms with van der Waals surface area (Å²) in [5.41, 5.74) is 2.28. The van der Waals surface area contributed by atoms with E-state index < -0.39 is 23.3 Å². The Morgan fingerprint density at radius 2 is 0.713 bits per heavy atom. The van der Waals surface area contributed by atoms with E-state index in [2.05, 4.69) is 93.8 Å². The Labute approximate surface area is 876 Å². The molecular formula is C111H124Cl2F4N16O17. The highest BCUT2D eigenvalue weighted by Gasteiger charge is 2.37. The van der Waals surface area contributed by atoms with Crippen LogP contribution in [0.1, 0.15) is 79.1 Å². The van der Waals surface area contributed by atoms with Crippen LogP contribution in [-0.2, 0) is 47.6 Å². The zero-order valence-corrected chi connectivity index (χ0v) is 87.0. The van der Waals surface area contributed by atoms with Gasteiger partial charge in [-0.2, -0.15) is 0 Å². The normalized spacial score (nSPS) is 19.1. The second kappa shape index (κ2) is 51.4. The molecule has 10 atom stereocenters. The predicted molar refractivity (Wildman–Crippen MR) is 574 cm³/mol. The average Bonchev–Trinajstić information content (AvgIpc) is 1.50. The van der Waals surface area contributed by atoms with Crippen LogP contribution in [0.3, 0.4) is 0 Å². The number of pyridine rings is 8. The van der Waals surface area contributed by atoms with Gasteiger partial charge in [-0.25, -0.2) is 57.4 Å². The van der Waals surface area contributed by atoms with Gasteiger partial charge in [0.1, 0.15) is 63.8 Å². The number of fused-ring (bicyclic) bond motifs is 4. The number of benzene rings is 4. The number of nitrogens with zero attached hydrogens (tertiary/aromatic N) is 8. The van der Waals surface area contributed by atoms with Crippen LogP contribution in [0.2, 0.25) is 10.0 Å². The summed E-state index contributed by atoms with van der Waals surface area (Å²) >= 11 is 13.3. The maximum absolute atomic E-state index is 15.4. The molecule has 6 saturated heterocycles. The fraction of sp³-hybridized carbons (Fsp3) is 0.387. The molecule has 18 rings (SSSR count). The summed E-state index contributed by atoms with van der Waals surface area (Å²) in [5, 5.41) is 34.2. The highest BCUT2D eigenvalue weighted by molar-refractivity contribution is 6.41. The van der Waals surface area contributed by atoms with Gasteiger partial charge in [0.25, 0.3) is 0 Å². The number of anilines is 8. The standard InChI is InChI=1S/C29H33FN4O5.C28H31FN4O4.C27H30Cl2N4O4.C27H30F2N4O4/c1-4-19(35)8-18-15-38-16-25(18)33-27-12-22-17(13-31-27)9-24(34-29(22)32-14-20-6-5-7-39-20)23-10-21(36-2)11-26(37-3)28(23)30;1-3-19(34)10-18-15-36-16-24(18)32-26-12-22-17(13-30-26)11-23(21-7-4-8-25(35-2)27(21)29)33-28(22)31-14-20-6-5-9-37-20;2*1-6-17(34)7-16-12-37-13-20(16)32-23-9-18-15(11-30-23)8-19(33-27(18)31-14(2)3)24-25(28)21(35-4)10-22(36-5)26(24)29/h4,9-13,18,20,25H,1,5-8,14-16H2,2-3H3,(H,31,33)(H,32,34);3-4,7-8,11-13,18,20,24H,1,5-6,9-10,14-16H2,2H3,(H,30,32)(H,31,33);2*6,8-11,14,16,20H,1,7,12-13H2,2-5H3,(H,30,32)(H,31,33)/t18-,20?,25+;18-,20?,24+;2*16-,20+/m0000/s1. The third-order valence-electron chi connectivity index (χ3n) is 26.5. The van der Waals surface area contributed by atoms with Crippen LogP contribution in [0.25, 0.3) is 88.1 Å². The Hall–Kier alpha value is -14.2. The van der Waals surface area contributed by atoms with Gasteiger partial charge in [-0.15, -0.1) is 0 Å². The molecule has 6 fully saturated rings. The van der Waals surface area contributed by atoms with Gasteiger partial charge in [0.15, 0.2) is 69.4 Å². The number of allylic oxidation sites excluding steroid dienone is 4. The monoisotopic (exact) mass is 2100 g/mol. The summed E-state index contributed by atoms with van der Waals surface area (Å²) in [7, 11) is 10.0. The lowest BCUT2D eigenvalue weighted by atomic mass is 9.97. The van der Waals surface area contributed by atoms with Crippen LogP contribution in [0, 0.1) is 46.9 Å². The van der Waals surface area contributed by atoms with Crippen LogP contribution in [-0.4, -0.2) is 240 Å². The molecule has 0 bridgehead atoms. The van der Waals surface area contributed by atoms with E-state index in [1.165, 1.54) is 80.1 Å². The lowest BCUT2D eigenvalue weighted by molar-refractivity contribution is -0.116. The van der Waals surface area contributed by atoms with Crippen molar-refractivity contribution in [1.82, 2.24) is 39.9 Å². The van der Waals surface area contributed by atoms with Crippen molar-refractivity contribution >= 4 is 136 Å². The number of ether oxygens (including phenoxy) is 13. The lowest BCUT2D eigenvalue weighted by Gasteiger charge is -2.20. The maximum atomic E-state index is 15.4. The van der Waals surface area contributed by atoms with Crippen LogP contribution in [0.5, 0.6) is 40.2 Å². The first-order valence-electron chi connectivity index (χ1n) is 49.5. The van der Waals surface area contributed by atoms with Crippen LogP contribution in [0.15, 0.2) is 166 Å². The lowest BCUT2D eigenvalue weighted by Crippen LogP contribution is -2.29. The van der Waals surface area contributed by atoms with E-state index in [1.54, 1.807) is 67.3 Å². The highest BCUT2D eigenvalue weighted by Crippen LogP contribution is 2.49. The minimum atomic E-state index is -0.879. The van der Waals surface area contributed by atoms with Gasteiger partial charge < -0.3 is 104 Å². The predicted octanol–water partition coefficient (Wildman–Crippen LogP) is 20.2. The van der Waals surface area contributed by atoms with Crippen molar-refractivity contribution in [3.63, 3.8) is 0 Å². The highest BCUT2D eigenvalue weighted by atomic mass is 35.5. The van der Waals surface area contributed by atoms with E-state index in [0.29, 0.717) is 204 Å². The Morgan fingerprint density at radius 1 is 0.387 bits per heavy atom. The van der Waals surface area contributed by atoms with Crippen LogP contribution >= 0.6 is 23.2 Å². The molecule has 8 aromatic heterocycles. The van der Waals surface area contributed by atoms with Crippen molar-refractivity contribution in [1.29, 1.82) is 0 Å². The largest absolute Gasteiger partial charge is 0.497 e. The molecule has 0 spiro atoms. The number of rotatable bonds is 41. The molecule has 12 aromatic rings. The molecule has 150 heavy (non-hydrogen) atoms. The zero-order valence-electron chi connectivity index (χ0n) is 85.5. The van der Waals surface area contributed by atoms with Gasteiger partial charge in [0.05, 0.1) is 177 Å². The average molecular weight is 2100 g/mol. The molecule has 14 heterocycles. The molecule has 2 unspecified atom stereocenters. The Morgan fingerprint density at radius 3 is 1.05 bits per heavy atom. The molecule has 0 amide bonds. The molecule has 6 aliphatic heterocycles. The van der Waals surface area contributed by atoms with Crippen molar-refractivity contribution in [2.24, 2.45) is 23.7 Å². The first-order chi connectivity index (χ1) is 72.5. The number of hydrogen-bond acceptors (Lipinski definition) is 33. The van der Waals surface area contributed by atoms with Gasteiger partial charge in [0, 0.05) is 191 Å². The molecule has 6 aliphatic rings. The van der Waals surface area contributed by atoms with E-state index in [0.717, 1.165) is 77.3 Å². The van der Waals surface area contributed by atoms with Gasteiger partial charge >= 0.3 is 0 Å². The molecule has 39 heteroatoms. The second-order valence-corrected chi connectivity index (χ2v) is 38.2. The first-order valence-corrected chi connectivity index (χ1v) is 50.2. The Bertz CT molecular complexity index is 6690.